The standard InChI is InChI=1S/C5H10N2O2/c1-4-2-7(6)5(8)9-3-4/h4H,2-3,6H2,1H3. The van der Waals surface area contributed by atoms with Crippen molar-refractivity contribution < 1.29 is 9.53 Å². The molecule has 4 nitrogen and oxygen atoms in total. The number of nitrogens with zero attached hydrogens (tertiary/aromatic N) is 1. The Bertz CT molecular complexity index is 126. The third kappa shape index (κ3) is 1.32. The highest BCUT2D eigenvalue weighted by Crippen LogP contribution is 2.05. The summed E-state index contributed by atoms with van der Waals surface area (Å²) in [6, 6.07) is 0. The molecule has 0 saturated carbocycles. The average molecular weight is 130 g/mol. The van der Waals surface area contributed by atoms with Gasteiger partial charge < -0.3 is 4.74 Å². The third-order valence-electron chi connectivity index (χ3n) is 1.23. The van der Waals surface area contributed by atoms with Crippen LogP contribution in [0.25, 0.3) is 0 Å². The number of nitrogens with two attached hydrogens (primary N) is 1. The van der Waals surface area contributed by atoms with Crippen LogP contribution in [0.15, 0.2) is 0 Å². The Morgan fingerprint density at radius 3 is 3.00 bits per heavy atom. The fourth-order valence-electron chi connectivity index (χ4n) is 0.759. The second-order valence-corrected chi connectivity index (χ2v) is 2.33. The van der Waals surface area contributed by atoms with Crippen molar-refractivity contribution in [2.75, 3.05) is 13.2 Å². The minimum atomic E-state index is -0.423. The number of rotatable bonds is 0. The zero-order valence-electron chi connectivity index (χ0n) is 5.33. The molecule has 9 heavy (non-hydrogen) atoms. The van der Waals surface area contributed by atoms with Crippen molar-refractivity contribution in [1.82, 2.24) is 5.01 Å². The van der Waals surface area contributed by atoms with Crippen molar-refractivity contribution in [2.24, 2.45) is 11.8 Å². The Balaban J connectivity index is 2.44. The maximum absolute atomic E-state index is 10.5. The molecule has 0 aliphatic carbocycles. The molecule has 4 heteroatoms. The van der Waals surface area contributed by atoms with E-state index >= 15 is 0 Å². The maximum Gasteiger partial charge on any atom is 0.424 e. The van der Waals surface area contributed by atoms with Crippen molar-refractivity contribution in [3.05, 3.63) is 0 Å². The first-order valence-electron chi connectivity index (χ1n) is 2.89. The summed E-state index contributed by atoms with van der Waals surface area (Å²) in [6.07, 6.45) is -0.423. The summed E-state index contributed by atoms with van der Waals surface area (Å²) in [5, 5.41) is 1.09. The highest BCUT2D eigenvalue weighted by molar-refractivity contribution is 5.67. The molecule has 0 aromatic rings. The van der Waals surface area contributed by atoms with E-state index in [1.807, 2.05) is 6.92 Å². The molecule has 1 aliphatic heterocycles. The largest absolute Gasteiger partial charge is 0.448 e. The van der Waals surface area contributed by atoms with Crippen LogP contribution < -0.4 is 5.84 Å². The summed E-state index contributed by atoms with van der Waals surface area (Å²) in [7, 11) is 0. The van der Waals surface area contributed by atoms with E-state index in [1.54, 1.807) is 0 Å². The van der Waals surface area contributed by atoms with Gasteiger partial charge in [-0.2, -0.15) is 0 Å². The van der Waals surface area contributed by atoms with E-state index in [-0.39, 0.29) is 0 Å². The van der Waals surface area contributed by atoms with Crippen molar-refractivity contribution in [2.45, 2.75) is 6.92 Å². The van der Waals surface area contributed by atoms with Crippen LogP contribution in [-0.2, 0) is 4.74 Å². The fourth-order valence-corrected chi connectivity index (χ4v) is 0.759. The van der Waals surface area contributed by atoms with E-state index in [4.69, 9.17) is 5.84 Å². The lowest BCUT2D eigenvalue weighted by atomic mass is 10.2. The zero-order chi connectivity index (χ0) is 6.85. The molecule has 2 N–H and O–H groups in total. The summed E-state index contributed by atoms with van der Waals surface area (Å²) >= 11 is 0. The second-order valence-electron chi connectivity index (χ2n) is 2.33. The molecule has 1 rings (SSSR count). The first kappa shape index (κ1) is 6.35. The Hall–Kier alpha value is -0.770. The lowest BCUT2D eigenvalue weighted by molar-refractivity contribution is 0.0479. The molecule has 1 fully saturated rings. The van der Waals surface area contributed by atoms with Crippen LogP contribution in [-0.4, -0.2) is 24.3 Å². The molecule has 0 spiro atoms. The van der Waals surface area contributed by atoms with Gasteiger partial charge in [0.05, 0.1) is 6.61 Å². The minimum absolute atomic E-state index is 0.354. The smallest absolute Gasteiger partial charge is 0.424 e. The van der Waals surface area contributed by atoms with Gasteiger partial charge in [0.2, 0.25) is 0 Å². The van der Waals surface area contributed by atoms with Crippen molar-refractivity contribution in [3.8, 4) is 0 Å². The first-order valence-corrected chi connectivity index (χ1v) is 2.89. The van der Waals surface area contributed by atoms with Gasteiger partial charge in [-0.1, -0.05) is 6.92 Å². The lowest BCUT2D eigenvalue weighted by Crippen LogP contribution is -2.46. The molecule has 0 aromatic carbocycles. The monoisotopic (exact) mass is 130 g/mol. The van der Waals surface area contributed by atoms with Gasteiger partial charge in [-0.15, -0.1) is 0 Å². The van der Waals surface area contributed by atoms with Gasteiger partial charge in [-0.05, 0) is 0 Å². The first-order chi connectivity index (χ1) is 4.20. The SMILES string of the molecule is CC1COC(=O)N(N)C1. The number of amides is 1. The summed E-state index contributed by atoms with van der Waals surface area (Å²) < 4.78 is 4.66. The molecule has 0 aromatic heterocycles. The number of cyclic esters (lactones) is 1. The van der Waals surface area contributed by atoms with Crippen LogP contribution in [0, 0.1) is 5.92 Å². The highest BCUT2D eigenvalue weighted by Gasteiger charge is 2.20. The Morgan fingerprint density at radius 1 is 1.89 bits per heavy atom. The Labute approximate surface area is 53.5 Å². The van der Waals surface area contributed by atoms with Gasteiger partial charge in [-0.25, -0.2) is 15.6 Å². The normalized spacial score (nSPS) is 28.0. The molecule has 1 amide bonds. The van der Waals surface area contributed by atoms with E-state index in [0.29, 0.717) is 19.1 Å². The third-order valence-corrected chi connectivity index (χ3v) is 1.23. The number of carbonyl (C=O) groups excluding carboxylic acids is 1. The van der Waals surface area contributed by atoms with Gasteiger partial charge in [0, 0.05) is 12.5 Å². The second kappa shape index (κ2) is 2.23. The number of hydrazine groups is 1. The lowest BCUT2D eigenvalue weighted by Gasteiger charge is -2.25. The number of hydrogen-bond donors (Lipinski definition) is 1. The topological polar surface area (TPSA) is 55.6 Å². The fraction of sp³-hybridized carbons (Fsp3) is 0.800. The maximum atomic E-state index is 10.5. The molecule has 1 unspecified atom stereocenters. The minimum Gasteiger partial charge on any atom is -0.448 e. The predicted molar refractivity (Wildman–Crippen MR) is 31.4 cm³/mol. The molecule has 1 saturated heterocycles. The predicted octanol–water partition coefficient (Wildman–Crippen LogP) is -0.0516. The summed E-state index contributed by atoms with van der Waals surface area (Å²) in [5.74, 6) is 5.58. The van der Waals surface area contributed by atoms with Crippen LogP contribution in [0.1, 0.15) is 6.92 Å². The van der Waals surface area contributed by atoms with Crippen molar-refractivity contribution in [3.63, 3.8) is 0 Å². The molecule has 1 atom stereocenters. The quantitative estimate of drug-likeness (QED) is 0.369. The van der Waals surface area contributed by atoms with E-state index in [2.05, 4.69) is 4.74 Å². The van der Waals surface area contributed by atoms with E-state index in [0.717, 1.165) is 5.01 Å². The van der Waals surface area contributed by atoms with E-state index < -0.39 is 6.09 Å². The summed E-state index contributed by atoms with van der Waals surface area (Å²) in [6.45, 7) is 3.07. The summed E-state index contributed by atoms with van der Waals surface area (Å²) in [4.78, 5) is 10.5. The molecular formula is C5H10N2O2. The Kier molecular flexibility index (Phi) is 1.57. The molecule has 52 valence electrons. The van der Waals surface area contributed by atoms with E-state index in [9.17, 15) is 4.79 Å². The molecular weight excluding hydrogens is 120 g/mol. The highest BCUT2D eigenvalue weighted by atomic mass is 16.6. The summed E-state index contributed by atoms with van der Waals surface area (Å²) in [5.41, 5.74) is 0. The number of ether oxygens (including phenoxy) is 1. The van der Waals surface area contributed by atoms with Crippen LogP contribution in [0.2, 0.25) is 0 Å². The van der Waals surface area contributed by atoms with Crippen molar-refractivity contribution in [1.29, 1.82) is 0 Å². The molecule has 1 aliphatic rings. The molecule has 0 bridgehead atoms. The van der Waals surface area contributed by atoms with Crippen molar-refractivity contribution >= 4 is 6.09 Å². The number of hydrogen-bond acceptors (Lipinski definition) is 3. The molecule has 1 heterocycles. The zero-order valence-corrected chi connectivity index (χ0v) is 5.33. The van der Waals surface area contributed by atoms with Crippen LogP contribution in [0.4, 0.5) is 4.79 Å². The number of carbonyl (C=O) groups is 1. The van der Waals surface area contributed by atoms with Crippen LogP contribution in [0.5, 0.6) is 0 Å². The van der Waals surface area contributed by atoms with Gasteiger partial charge in [0.25, 0.3) is 0 Å². The molecule has 0 radical (unpaired) electrons. The average Bonchev–Trinajstić information content (AvgIpc) is 1.80. The Morgan fingerprint density at radius 2 is 2.56 bits per heavy atom. The van der Waals surface area contributed by atoms with Gasteiger partial charge in [-0.3, -0.25) is 0 Å². The van der Waals surface area contributed by atoms with E-state index in [1.165, 1.54) is 0 Å². The van der Waals surface area contributed by atoms with Crippen LogP contribution in [0.3, 0.4) is 0 Å². The van der Waals surface area contributed by atoms with Gasteiger partial charge in [0.15, 0.2) is 0 Å². The van der Waals surface area contributed by atoms with Gasteiger partial charge in [0.1, 0.15) is 0 Å². The van der Waals surface area contributed by atoms with Gasteiger partial charge >= 0.3 is 6.09 Å². The van der Waals surface area contributed by atoms with Crippen LogP contribution >= 0.6 is 0 Å².